The Hall–Kier alpha value is -0.680. The summed E-state index contributed by atoms with van der Waals surface area (Å²) in [6, 6.07) is 5.81. The van der Waals surface area contributed by atoms with Crippen molar-refractivity contribution in [3.63, 3.8) is 0 Å². The molecule has 0 heterocycles. The van der Waals surface area contributed by atoms with Crippen LogP contribution in [0.25, 0.3) is 0 Å². The summed E-state index contributed by atoms with van der Waals surface area (Å²) >= 11 is 12.5. The molecule has 1 aromatic carbocycles. The van der Waals surface area contributed by atoms with Crippen LogP contribution >= 0.6 is 23.2 Å². The average molecular weight is 284 g/mol. The summed E-state index contributed by atoms with van der Waals surface area (Å²) in [6.45, 7) is 4.95. The Morgan fingerprint density at radius 3 is 2.50 bits per heavy atom. The third-order valence-corrected chi connectivity index (χ3v) is 3.38. The maximum atomic E-state index is 6.26. The highest BCUT2D eigenvalue weighted by Crippen LogP contribution is 2.32. The summed E-state index contributed by atoms with van der Waals surface area (Å²) in [4.78, 5) is 0. The van der Waals surface area contributed by atoms with Gasteiger partial charge in [-0.25, -0.2) is 0 Å². The van der Waals surface area contributed by atoms with E-state index >= 15 is 0 Å². The Morgan fingerprint density at radius 1 is 1.28 bits per heavy atom. The van der Waals surface area contributed by atoms with E-state index in [2.05, 4.69) is 24.1 Å². The molecule has 1 aromatic rings. The van der Waals surface area contributed by atoms with Crippen molar-refractivity contribution in [3.8, 4) is 11.8 Å². The van der Waals surface area contributed by atoms with Gasteiger partial charge >= 0.3 is 0 Å². The summed E-state index contributed by atoms with van der Waals surface area (Å²) in [5.74, 6) is 6.00. The molecule has 0 bridgehead atoms. The summed E-state index contributed by atoms with van der Waals surface area (Å²) in [6.07, 6.45) is 2.85. The number of benzene rings is 1. The van der Waals surface area contributed by atoms with Crippen LogP contribution in [-0.4, -0.2) is 6.54 Å². The molecule has 0 aliphatic rings. The molecule has 0 radical (unpaired) electrons. The third kappa shape index (κ3) is 4.53. The highest BCUT2D eigenvalue weighted by Gasteiger charge is 2.16. The molecule has 18 heavy (non-hydrogen) atoms. The fraction of sp³-hybridized carbons (Fsp3) is 0.467. The largest absolute Gasteiger partial charge is 0.310 e. The van der Waals surface area contributed by atoms with Crippen molar-refractivity contribution in [1.29, 1.82) is 0 Å². The van der Waals surface area contributed by atoms with Gasteiger partial charge in [0.15, 0.2) is 0 Å². The van der Waals surface area contributed by atoms with Crippen molar-refractivity contribution in [2.24, 2.45) is 0 Å². The summed E-state index contributed by atoms with van der Waals surface area (Å²) < 4.78 is 0. The van der Waals surface area contributed by atoms with Crippen LogP contribution in [0.4, 0.5) is 0 Å². The van der Waals surface area contributed by atoms with Gasteiger partial charge in [0.2, 0.25) is 0 Å². The van der Waals surface area contributed by atoms with Crippen LogP contribution in [0.5, 0.6) is 0 Å². The van der Waals surface area contributed by atoms with Gasteiger partial charge in [-0.15, -0.1) is 11.8 Å². The molecule has 0 aliphatic heterocycles. The van der Waals surface area contributed by atoms with Gasteiger partial charge in [-0.2, -0.15) is 0 Å². The van der Waals surface area contributed by atoms with Crippen molar-refractivity contribution >= 4 is 23.2 Å². The Morgan fingerprint density at radius 2 is 1.94 bits per heavy atom. The molecule has 1 N–H and O–H groups in total. The normalized spacial score (nSPS) is 11.8. The van der Waals surface area contributed by atoms with Crippen LogP contribution in [-0.2, 0) is 0 Å². The highest BCUT2D eigenvalue weighted by molar-refractivity contribution is 6.36. The van der Waals surface area contributed by atoms with Crippen molar-refractivity contribution in [2.75, 3.05) is 6.54 Å². The lowest BCUT2D eigenvalue weighted by molar-refractivity contribution is 0.506. The lowest BCUT2D eigenvalue weighted by Crippen LogP contribution is -2.22. The van der Waals surface area contributed by atoms with Crippen LogP contribution in [0.3, 0.4) is 0 Å². The Labute approximate surface area is 120 Å². The van der Waals surface area contributed by atoms with Crippen molar-refractivity contribution in [1.82, 2.24) is 5.32 Å². The van der Waals surface area contributed by atoms with E-state index in [1.54, 1.807) is 0 Å². The molecular formula is C15H19Cl2N. The monoisotopic (exact) mass is 283 g/mol. The zero-order valence-electron chi connectivity index (χ0n) is 10.9. The summed E-state index contributed by atoms with van der Waals surface area (Å²) in [5.41, 5.74) is 0.993. The Kier molecular flexibility index (Phi) is 7.20. The molecule has 1 unspecified atom stereocenters. The van der Waals surface area contributed by atoms with Gasteiger partial charge in [0.05, 0.1) is 0 Å². The lowest BCUT2D eigenvalue weighted by Gasteiger charge is -2.20. The molecule has 98 valence electrons. The van der Waals surface area contributed by atoms with Gasteiger partial charge in [0, 0.05) is 28.1 Å². The van der Waals surface area contributed by atoms with Crippen molar-refractivity contribution < 1.29 is 0 Å². The maximum Gasteiger partial charge on any atom is 0.0468 e. The van der Waals surface area contributed by atoms with Gasteiger partial charge in [-0.3, -0.25) is 0 Å². The number of halogens is 2. The van der Waals surface area contributed by atoms with Crippen LogP contribution in [0.15, 0.2) is 18.2 Å². The molecule has 0 fully saturated rings. The van der Waals surface area contributed by atoms with Crippen molar-refractivity contribution in [3.05, 3.63) is 33.8 Å². The second-order valence-corrected chi connectivity index (χ2v) is 4.92. The fourth-order valence-electron chi connectivity index (χ4n) is 1.85. The van der Waals surface area contributed by atoms with Crippen LogP contribution in [0.2, 0.25) is 10.0 Å². The van der Waals surface area contributed by atoms with Gasteiger partial charge in [0.1, 0.15) is 0 Å². The molecule has 0 aromatic heterocycles. The first-order valence-corrected chi connectivity index (χ1v) is 7.03. The molecule has 0 aliphatic carbocycles. The van der Waals surface area contributed by atoms with Crippen LogP contribution in [0, 0.1) is 11.8 Å². The predicted molar refractivity (Wildman–Crippen MR) is 80.2 cm³/mol. The zero-order valence-corrected chi connectivity index (χ0v) is 12.4. The topological polar surface area (TPSA) is 12.0 Å². The van der Waals surface area contributed by atoms with Crippen molar-refractivity contribution in [2.45, 2.75) is 39.2 Å². The van der Waals surface area contributed by atoms with E-state index in [4.69, 9.17) is 23.2 Å². The molecular weight excluding hydrogens is 265 g/mol. The van der Waals surface area contributed by atoms with E-state index in [1.807, 2.05) is 25.1 Å². The second kappa shape index (κ2) is 8.43. The predicted octanol–water partition coefficient (Wildman–Crippen LogP) is 4.84. The highest BCUT2D eigenvalue weighted by atomic mass is 35.5. The standard InChI is InChI=1S/C15H19Cl2N/c1-3-5-6-10-14(18-11-4-2)15-12(16)8-7-9-13(15)17/h7-9,14,18H,4,6,10-11H2,1-2H3. The number of nitrogens with one attached hydrogen (secondary N) is 1. The summed E-state index contributed by atoms with van der Waals surface area (Å²) in [7, 11) is 0. The SMILES string of the molecule is CC#CCCC(NCCC)c1c(Cl)cccc1Cl. The van der Waals surface area contributed by atoms with Gasteiger partial charge < -0.3 is 5.32 Å². The minimum atomic E-state index is 0.173. The molecule has 0 saturated heterocycles. The number of hydrogen-bond donors (Lipinski definition) is 1. The minimum absolute atomic E-state index is 0.173. The number of rotatable bonds is 6. The molecule has 0 saturated carbocycles. The molecule has 1 rings (SSSR count). The third-order valence-electron chi connectivity index (χ3n) is 2.72. The van der Waals surface area contributed by atoms with E-state index < -0.39 is 0 Å². The van der Waals surface area contributed by atoms with E-state index in [0.29, 0.717) is 0 Å². The van der Waals surface area contributed by atoms with Crippen LogP contribution < -0.4 is 5.32 Å². The maximum absolute atomic E-state index is 6.26. The average Bonchev–Trinajstić information content (AvgIpc) is 2.35. The fourth-order valence-corrected chi connectivity index (χ4v) is 2.51. The quantitative estimate of drug-likeness (QED) is 0.737. The number of hydrogen-bond acceptors (Lipinski definition) is 1. The first-order chi connectivity index (χ1) is 8.70. The zero-order chi connectivity index (χ0) is 13.4. The van der Waals surface area contributed by atoms with E-state index in [0.717, 1.165) is 41.4 Å². The summed E-state index contributed by atoms with van der Waals surface area (Å²) in [5, 5.41) is 4.94. The van der Waals surface area contributed by atoms with Gasteiger partial charge in [-0.05, 0) is 38.4 Å². The molecule has 1 atom stereocenters. The Bertz CT molecular complexity index is 412. The molecule has 0 amide bonds. The van der Waals surface area contributed by atoms with E-state index in [1.165, 1.54) is 0 Å². The molecule has 0 spiro atoms. The van der Waals surface area contributed by atoms with E-state index in [-0.39, 0.29) is 6.04 Å². The smallest absolute Gasteiger partial charge is 0.0468 e. The Balaban J connectivity index is 2.88. The van der Waals surface area contributed by atoms with Gasteiger partial charge in [-0.1, -0.05) is 36.2 Å². The van der Waals surface area contributed by atoms with Gasteiger partial charge in [0.25, 0.3) is 0 Å². The molecule has 3 heteroatoms. The van der Waals surface area contributed by atoms with E-state index in [9.17, 15) is 0 Å². The van der Waals surface area contributed by atoms with Crippen LogP contribution in [0.1, 0.15) is 44.7 Å². The first-order valence-electron chi connectivity index (χ1n) is 6.27. The lowest BCUT2D eigenvalue weighted by atomic mass is 10.0. The minimum Gasteiger partial charge on any atom is -0.310 e. The molecule has 1 nitrogen and oxygen atoms in total. The first kappa shape index (κ1) is 15.4. The second-order valence-electron chi connectivity index (χ2n) is 4.11.